The monoisotopic (exact) mass is 412 g/mol. The molecule has 0 aliphatic carbocycles. The Bertz CT molecular complexity index is 1200. The van der Waals surface area contributed by atoms with Crippen molar-refractivity contribution >= 4 is 28.6 Å². The van der Waals surface area contributed by atoms with Gasteiger partial charge in [0.15, 0.2) is 5.65 Å². The summed E-state index contributed by atoms with van der Waals surface area (Å²) in [5.74, 6) is -0.451. The molecular formula is C19H18F2N8O. The summed E-state index contributed by atoms with van der Waals surface area (Å²) in [7, 11) is 0. The third-order valence-electron chi connectivity index (χ3n) is 4.62. The van der Waals surface area contributed by atoms with Crippen molar-refractivity contribution in [1.29, 1.82) is 0 Å². The number of hydrogen-bond donors (Lipinski definition) is 2. The topological polar surface area (TPSA) is 119 Å². The van der Waals surface area contributed by atoms with Crippen molar-refractivity contribution in [2.24, 2.45) is 5.73 Å². The van der Waals surface area contributed by atoms with Crippen LogP contribution in [-0.2, 0) is 6.54 Å². The number of carbonyl (C=O) groups excluding carboxylic acids is 1. The highest BCUT2D eigenvalue weighted by Crippen LogP contribution is 2.26. The number of halogens is 2. The van der Waals surface area contributed by atoms with Gasteiger partial charge in [-0.2, -0.15) is 15.2 Å². The highest BCUT2D eigenvalue weighted by molar-refractivity contribution is 5.94. The van der Waals surface area contributed by atoms with Crippen molar-refractivity contribution in [2.45, 2.75) is 19.9 Å². The molecule has 3 heterocycles. The van der Waals surface area contributed by atoms with Crippen LogP contribution in [0, 0.1) is 6.92 Å². The van der Waals surface area contributed by atoms with Gasteiger partial charge in [-0.15, -0.1) is 0 Å². The number of fused-ring (bicyclic) bond motifs is 1. The van der Waals surface area contributed by atoms with Crippen LogP contribution >= 0.6 is 0 Å². The Morgan fingerprint density at radius 2 is 2.07 bits per heavy atom. The molecule has 0 radical (unpaired) electrons. The minimum Gasteiger partial charge on any atom is -0.366 e. The molecule has 4 rings (SSSR count). The molecule has 0 unspecified atom stereocenters. The second-order valence-electron chi connectivity index (χ2n) is 6.65. The quantitative estimate of drug-likeness (QED) is 0.481. The molecule has 154 valence electrons. The lowest BCUT2D eigenvalue weighted by molar-refractivity contribution is 0.0999. The second-order valence-corrected chi connectivity index (χ2v) is 6.65. The molecule has 0 saturated heterocycles. The van der Waals surface area contributed by atoms with E-state index in [2.05, 4.69) is 25.3 Å². The summed E-state index contributed by atoms with van der Waals surface area (Å²) >= 11 is 0. The number of rotatable bonds is 7. The molecular weight excluding hydrogens is 394 g/mol. The van der Waals surface area contributed by atoms with Crippen molar-refractivity contribution < 1.29 is 13.6 Å². The van der Waals surface area contributed by atoms with Gasteiger partial charge in [-0.1, -0.05) is 18.2 Å². The SMILES string of the molecule is Cc1[nH]ncc1N(CC(F)F)c1ncc2cnn(Cc3ccccc3C(N)=O)c2n1. The number of hydrogen-bond acceptors (Lipinski definition) is 6. The summed E-state index contributed by atoms with van der Waals surface area (Å²) in [4.78, 5) is 21.7. The van der Waals surface area contributed by atoms with Crippen LogP contribution in [0.3, 0.4) is 0 Å². The largest absolute Gasteiger partial charge is 0.366 e. The van der Waals surface area contributed by atoms with Crippen LogP contribution in [-0.4, -0.2) is 48.8 Å². The number of anilines is 2. The van der Waals surface area contributed by atoms with E-state index in [4.69, 9.17) is 5.73 Å². The Morgan fingerprint density at radius 3 is 2.77 bits per heavy atom. The molecule has 4 aromatic rings. The van der Waals surface area contributed by atoms with Gasteiger partial charge in [-0.3, -0.25) is 9.89 Å². The molecule has 0 bridgehead atoms. The average molecular weight is 412 g/mol. The number of H-pyrrole nitrogens is 1. The van der Waals surface area contributed by atoms with Crippen molar-refractivity contribution in [3.05, 3.63) is 59.7 Å². The van der Waals surface area contributed by atoms with Crippen molar-refractivity contribution in [2.75, 3.05) is 11.4 Å². The molecule has 30 heavy (non-hydrogen) atoms. The van der Waals surface area contributed by atoms with Gasteiger partial charge in [0.1, 0.15) is 0 Å². The zero-order chi connectivity index (χ0) is 21.3. The number of aromatic amines is 1. The number of carbonyl (C=O) groups is 1. The van der Waals surface area contributed by atoms with Gasteiger partial charge < -0.3 is 10.6 Å². The normalized spacial score (nSPS) is 11.3. The standard InChI is InChI=1S/C19H18F2N8O/c1-11-15(8-24-27-11)28(10-16(20)21)19-23-6-13-7-25-29(18(13)26-19)9-12-4-2-3-5-14(12)17(22)30/h2-8,16H,9-10H2,1H3,(H2,22,30)(H,24,27). The molecule has 0 saturated carbocycles. The summed E-state index contributed by atoms with van der Waals surface area (Å²) in [6.07, 6.45) is 1.94. The smallest absolute Gasteiger partial charge is 0.256 e. The predicted octanol–water partition coefficient (Wildman–Crippen LogP) is 2.41. The number of nitrogens with zero attached hydrogens (tertiary/aromatic N) is 6. The molecule has 11 heteroatoms. The van der Waals surface area contributed by atoms with Crippen molar-refractivity contribution in [1.82, 2.24) is 29.9 Å². The maximum absolute atomic E-state index is 13.2. The number of aromatic nitrogens is 6. The first kappa shape index (κ1) is 19.4. The van der Waals surface area contributed by atoms with Gasteiger partial charge in [0.05, 0.1) is 42.3 Å². The lowest BCUT2D eigenvalue weighted by Crippen LogP contribution is -2.26. The van der Waals surface area contributed by atoms with Crippen molar-refractivity contribution in [3.63, 3.8) is 0 Å². The third kappa shape index (κ3) is 3.69. The van der Waals surface area contributed by atoms with Crippen LogP contribution in [0.15, 0.2) is 42.9 Å². The van der Waals surface area contributed by atoms with Crippen molar-refractivity contribution in [3.8, 4) is 0 Å². The highest BCUT2D eigenvalue weighted by atomic mass is 19.3. The Labute approximate surface area is 169 Å². The van der Waals surface area contributed by atoms with E-state index in [1.54, 1.807) is 42.1 Å². The Balaban J connectivity index is 1.76. The fourth-order valence-electron chi connectivity index (χ4n) is 3.21. The van der Waals surface area contributed by atoms with Gasteiger partial charge >= 0.3 is 0 Å². The molecule has 3 aromatic heterocycles. The van der Waals surface area contributed by atoms with Crippen LogP contribution in [0.2, 0.25) is 0 Å². The first-order valence-corrected chi connectivity index (χ1v) is 9.06. The highest BCUT2D eigenvalue weighted by Gasteiger charge is 2.21. The number of primary amides is 1. The lowest BCUT2D eigenvalue weighted by Gasteiger charge is -2.21. The summed E-state index contributed by atoms with van der Waals surface area (Å²) in [6, 6.07) is 6.92. The molecule has 3 N–H and O–H groups in total. The Hall–Kier alpha value is -3.89. The summed E-state index contributed by atoms with van der Waals surface area (Å²) in [5, 5.41) is 11.6. The van der Waals surface area contributed by atoms with E-state index in [0.29, 0.717) is 33.5 Å². The maximum atomic E-state index is 13.2. The Morgan fingerprint density at radius 1 is 1.27 bits per heavy atom. The van der Waals surface area contributed by atoms with Gasteiger partial charge in [-0.25, -0.2) is 18.4 Å². The maximum Gasteiger partial charge on any atom is 0.256 e. The summed E-state index contributed by atoms with van der Waals surface area (Å²) in [6.45, 7) is 1.37. The minimum atomic E-state index is -2.61. The fourth-order valence-corrected chi connectivity index (χ4v) is 3.21. The zero-order valence-corrected chi connectivity index (χ0v) is 16.0. The van der Waals surface area contributed by atoms with E-state index >= 15 is 0 Å². The van der Waals surface area contributed by atoms with Crippen LogP contribution in [0.1, 0.15) is 21.6 Å². The molecule has 0 spiro atoms. The van der Waals surface area contributed by atoms with E-state index in [1.807, 2.05) is 0 Å². The number of benzene rings is 1. The molecule has 0 aliphatic heterocycles. The first-order chi connectivity index (χ1) is 14.4. The van der Waals surface area contributed by atoms with Gasteiger partial charge in [0, 0.05) is 11.8 Å². The number of nitrogens with one attached hydrogen (secondary N) is 1. The third-order valence-corrected chi connectivity index (χ3v) is 4.62. The predicted molar refractivity (Wildman–Crippen MR) is 106 cm³/mol. The molecule has 0 aliphatic rings. The molecule has 0 fully saturated rings. The van der Waals surface area contributed by atoms with E-state index in [-0.39, 0.29) is 12.5 Å². The Kier molecular flexibility index (Phi) is 5.09. The molecule has 1 amide bonds. The van der Waals surface area contributed by atoms with Crippen LogP contribution < -0.4 is 10.6 Å². The number of nitrogens with two attached hydrogens (primary N) is 1. The van der Waals surface area contributed by atoms with Crippen LogP contribution in [0.25, 0.3) is 11.0 Å². The number of alkyl halides is 2. The summed E-state index contributed by atoms with van der Waals surface area (Å²) in [5.41, 5.74) is 8.02. The fraction of sp³-hybridized carbons (Fsp3) is 0.211. The first-order valence-electron chi connectivity index (χ1n) is 9.06. The molecule has 0 atom stereocenters. The van der Waals surface area contributed by atoms with Crippen LogP contribution in [0.5, 0.6) is 0 Å². The lowest BCUT2D eigenvalue weighted by atomic mass is 10.1. The average Bonchev–Trinajstić information content (AvgIpc) is 3.32. The van der Waals surface area contributed by atoms with Gasteiger partial charge in [-0.05, 0) is 18.6 Å². The second kappa shape index (κ2) is 7.85. The van der Waals surface area contributed by atoms with Gasteiger partial charge in [0.25, 0.3) is 6.43 Å². The van der Waals surface area contributed by atoms with E-state index in [0.717, 1.165) is 0 Å². The zero-order valence-electron chi connectivity index (χ0n) is 16.0. The van der Waals surface area contributed by atoms with E-state index in [1.165, 1.54) is 17.3 Å². The molecule has 1 aromatic carbocycles. The summed E-state index contributed by atoms with van der Waals surface area (Å²) < 4.78 is 28.1. The van der Waals surface area contributed by atoms with Gasteiger partial charge in [0.2, 0.25) is 11.9 Å². The minimum absolute atomic E-state index is 0.0947. The van der Waals surface area contributed by atoms with Crippen LogP contribution in [0.4, 0.5) is 20.4 Å². The van der Waals surface area contributed by atoms with E-state index < -0.39 is 18.9 Å². The number of amides is 1. The molecule has 9 nitrogen and oxygen atoms in total. The number of aryl methyl sites for hydroxylation is 1. The van der Waals surface area contributed by atoms with E-state index in [9.17, 15) is 13.6 Å².